The fourth-order valence-corrected chi connectivity index (χ4v) is 25.1. The molecule has 0 spiro atoms. The number of nitrogens with one attached hydrogen (secondary N) is 6. The summed E-state index contributed by atoms with van der Waals surface area (Å²) in [6.07, 6.45) is 9.17. The maximum absolute atomic E-state index is 15.3. The number of fused-ring (bicyclic) bond motifs is 7. The van der Waals surface area contributed by atoms with Crippen molar-refractivity contribution in [3.8, 4) is 42.3 Å². The Hall–Kier alpha value is -8.67. The molecule has 0 aromatic carbocycles. The van der Waals surface area contributed by atoms with Gasteiger partial charge in [-0.3, -0.25) is 19.9 Å². The Morgan fingerprint density at radius 1 is 0.374 bits per heavy atom. The predicted octanol–water partition coefficient (Wildman–Crippen LogP) is 18.1. The highest BCUT2D eigenvalue weighted by molar-refractivity contribution is 7.98. The van der Waals surface area contributed by atoms with Crippen molar-refractivity contribution in [3.63, 3.8) is 0 Å². The number of aliphatic hydroxyl groups excluding tert-OH is 2. The third-order valence-electron chi connectivity index (χ3n) is 26.6. The molecule has 7 fully saturated rings. The Balaban J connectivity index is 0.000000134. The van der Waals surface area contributed by atoms with Crippen LogP contribution in [-0.2, 0) is 37.9 Å². The summed E-state index contributed by atoms with van der Waals surface area (Å²) in [5.74, 6) is -0.233. The van der Waals surface area contributed by atoms with Gasteiger partial charge < -0.3 is 85.1 Å². The number of thiazole rings is 4. The monoisotopic (exact) mass is 2020 g/mol. The zero-order valence-corrected chi connectivity index (χ0v) is 88.3. The molecule has 4 saturated carbocycles. The predicted molar refractivity (Wildman–Crippen MR) is 543 cm³/mol. The van der Waals surface area contributed by atoms with Crippen molar-refractivity contribution >= 4 is 145 Å². The third-order valence-corrected chi connectivity index (χ3v) is 31.8. The first-order chi connectivity index (χ1) is 65.5. The highest BCUT2D eigenvalue weighted by atomic mass is 32.2. The van der Waals surface area contributed by atoms with Crippen LogP contribution in [-0.4, -0.2) is 261 Å². The minimum atomic E-state index is -1.63. The molecule has 19 rings (SSSR count). The second-order valence-electron chi connectivity index (χ2n) is 40.0. The number of halogens is 3. The van der Waals surface area contributed by atoms with Crippen molar-refractivity contribution in [3.05, 3.63) is 94.6 Å². The molecule has 7 aliphatic rings. The van der Waals surface area contributed by atoms with Gasteiger partial charge >= 0.3 is 0 Å². The molecule has 3 saturated heterocycles. The van der Waals surface area contributed by atoms with Gasteiger partial charge in [0.15, 0.2) is 27.7 Å². The molecule has 0 radical (unpaired) electrons. The summed E-state index contributed by atoms with van der Waals surface area (Å²) in [4.78, 5) is 74.9. The van der Waals surface area contributed by atoms with Crippen LogP contribution < -0.4 is 31.9 Å². The lowest BCUT2D eigenvalue weighted by atomic mass is 9.87. The highest BCUT2D eigenvalue weighted by Gasteiger charge is 2.62. The Kier molecular flexibility index (Phi) is 30.1. The number of thioether (sulfide) groups is 2. The van der Waals surface area contributed by atoms with Gasteiger partial charge in [-0.25, -0.2) is 63.0 Å². The Labute approximate surface area is 832 Å². The van der Waals surface area contributed by atoms with Gasteiger partial charge in [-0.15, -0.1) is 45.3 Å². The van der Waals surface area contributed by atoms with Crippen molar-refractivity contribution in [2.45, 2.75) is 301 Å². The van der Waals surface area contributed by atoms with E-state index < -0.39 is 64.1 Å². The van der Waals surface area contributed by atoms with Crippen LogP contribution in [0.15, 0.2) is 59.4 Å². The Morgan fingerprint density at radius 2 is 0.647 bits per heavy atom. The van der Waals surface area contributed by atoms with Crippen LogP contribution in [0.2, 0.25) is 0 Å². The number of methoxy groups -OCH3 is 2. The largest absolute Gasteiger partial charge is 0.390 e. The molecule has 12 aromatic heterocycles. The van der Waals surface area contributed by atoms with Crippen molar-refractivity contribution in [2.75, 3.05) is 84.9 Å². The summed E-state index contributed by atoms with van der Waals surface area (Å²) >= 11 is 9.27. The Bertz CT molecular complexity index is 6280. The number of nitrogens with zero attached hydrogens (tertiary/aromatic N) is 16. The highest BCUT2D eigenvalue weighted by Crippen LogP contribution is 2.54. The van der Waals surface area contributed by atoms with Crippen LogP contribution in [0.5, 0.6) is 0 Å². The molecule has 139 heavy (non-hydrogen) atoms. The SMILES string of the molecule is COCCNc1nc(C)c(-c2nc3c(C)nccc3s2)c(N[C@@H]2C[C@H](C(C)(C)F)[C@@H](O)[C@H]2O)n1.COCCNc1nc(C)c(-c2nc3c(C)nccc3s2)c(N[C@@H]2C[C@H](C(C)(C)F)[C@H]3OC(C)(C)O[C@H]32)n1.CSc1nc(C)c(-c2nc3c(C)nccc3s2)c(N[C@@H]2C[C@H](C(C)(C)F)[C@H]3OC(C)(C)O[C@H]32)n1.CSc1nc(C)c(-c2nc3c(C)nccc3s2)c(N[C@@H]2C[C@H](C(C)(C)O)[C@H]3OC(C)(C)O[C@H]32)n1. The van der Waals surface area contributed by atoms with Crippen LogP contribution in [0.25, 0.3) is 83.2 Å². The third kappa shape index (κ3) is 22.2. The number of alkyl halides is 3. The molecule has 33 nitrogen and oxygen atoms in total. The van der Waals surface area contributed by atoms with Crippen LogP contribution in [0, 0.1) is 79.1 Å². The number of rotatable bonds is 26. The summed E-state index contributed by atoms with van der Waals surface area (Å²) < 4.78 is 97.0. The van der Waals surface area contributed by atoms with E-state index in [1.165, 1.54) is 48.7 Å². The van der Waals surface area contributed by atoms with Gasteiger partial charge in [0, 0.05) is 75.8 Å². The van der Waals surface area contributed by atoms with E-state index in [1.54, 1.807) is 94.5 Å². The van der Waals surface area contributed by atoms with E-state index in [2.05, 4.69) is 66.8 Å². The van der Waals surface area contributed by atoms with Gasteiger partial charge in [0.05, 0.1) is 154 Å². The van der Waals surface area contributed by atoms with Crippen LogP contribution >= 0.6 is 68.9 Å². The number of hydrogen-bond donors (Lipinski definition) is 9. The van der Waals surface area contributed by atoms with Crippen molar-refractivity contribution in [2.24, 2.45) is 23.7 Å². The number of aryl methyl sites for hydroxylation is 8. The van der Waals surface area contributed by atoms with Crippen molar-refractivity contribution in [1.29, 1.82) is 0 Å². The van der Waals surface area contributed by atoms with Gasteiger partial charge in [0.25, 0.3) is 0 Å². The lowest BCUT2D eigenvalue weighted by molar-refractivity contribution is -0.166. The molecule has 4 aliphatic carbocycles. The molecule has 12 aromatic rings. The van der Waals surface area contributed by atoms with E-state index in [-0.39, 0.29) is 78.9 Å². The summed E-state index contributed by atoms with van der Waals surface area (Å²) in [6.45, 7) is 42.0. The molecule has 15 heterocycles. The zero-order valence-electron chi connectivity index (χ0n) is 83.4. The number of aliphatic hydroxyl groups is 3. The first-order valence-electron chi connectivity index (χ1n) is 46.8. The second-order valence-corrected chi connectivity index (χ2v) is 45.7. The molecule has 42 heteroatoms. The maximum Gasteiger partial charge on any atom is 0.224 e. The number of aromatic nitrogens is 16. The van der Waals surface area contributed by atoms with Gasteiger partial charge in [-0.05, 0) is 215 Å². The molecule has 3 aliphatic heterocycles. The minimum absolute atomic E-state index is 0.0700. The molecule has 16 atom stereocenters. The molecular formula is C97H127F3N22O11S6. The number of anilines is 6. The molecule has 0 bridgehead atoms. The zero-order chi connectivity index (χ0) is 100.0. The molecule has 748 valence electrons. The fourth-order valence-electron chi connectivity index (χ4n) is 19.9. The normalized spacial score (nSPS) is 25.1. The van der Waals surface area contributed by atoms with Crippen LogP contribution in [0.3, 0.4) is 0 Å². The van der Waals surface area contributed by atoms with Crippen LogP contribution in [0.4, 0.5) is 48.3 Å². The molecule has 0 amide bonds. The number of pyridine rings is 4. The first-order valence-corrected chi connectivity index (χ1v) is 52.5. The second kappa shape index (κ2) is 40.5. The molecular weight excluding hydrogens is 1900 g/mol. The van der Waals surface area contributed by atoms with E-state index in [0.29, 0.717) is 101 Å². The van der Waals surface area contributed by atoms with E-state index in [4.69, 9.17) is 82.8 Å². The quantitative estimate of drug-likeness (QED) is 0.0138. The topological polar surface area (TPSA) is 413 Å². The standard InChI is InChI=1S/C26H35FN6O3S.C24H30FN5O2S2.C24H31N5O3S2.C23H31FN6O3S/c1-13-18(23-32-19-14(2)28-9-8-17(19)37-23)22(33-24(30-13)29-10-11-34-7)31-16-12-15(25(3,4)27)20-21(16)36-26(5,6)35-20;1-11-16(21-29-17-12(2)26-9-8-15(17)34-21)20(30-22(27-11)33-7)28-14-10-13(23(3,4)25)18-19(14)32-24(5,6)31-18;1-11-16(21-28-17-12(2)25-9-8-15(17)34-21)20(29-22(26-11)33-7)27-14-10-13(23(3,4)30)18-19(14)32-24(5,6)31-18;1-11-16(21-29-17-12(2)25-7-6-15(17)34-21)20(30-22(27-11)26-8-9-33-5)28-14-10-13(23(3,4)24)18(31)19(14)32/h8-9,15-16,20-21H,10-12H2,1-7H3,(H2,29,30,31,33);8-9,13-14,18-19H,10H2,1-7H3,(H,27,28,30);8-9,13-14,18-19,30H,10H2,1-7H3,(H,26,27,29);6-7,13-14,18-19,31-32H,8-10H2,1-5H3,(H2,26,27,28,30)/t15-,16+,20+,21-;3*13-,14+,18+,19-/m0000/s1. The van der Waals surface area contributed by atoms with E-state index in [0.717, 1.165) is 118 Å². The van der Waals surface area contributed by atoms with E-state index >= 15 is 8.78 Å². The maximum atomic E-state index is 15.3. The lowest BCUT2D eigenvalue weighted by Crippen LogP contribution is -2.39. The molecule has 0 unspecified atom stereocenters. The van der Waals surface area contributed by atoms with Crippen molar-refractivity contribution in [1.82, 2.24) is 79.7 Å². The van der Waals surface area contributed by atoms with E-state index in [9.17, 15) is 19.7 Å². The van der Waals surface area contributed by atoms with Gasteiger partial charge in [-0.2, -0.15) is 9.97 Å². The summed E-state index contributed by atoms with van der Waals surface area (Å²) in [6, 6.07) is 6.82. The number of hydrogen-bond acceptors (Lipinski definition) is 39. The fraction of sp³-hybridized carbons (Fsp3) is 0.588. The lowest BCUT2D eigenvalue weighted by Gasteiger charge is -2.31. The summed E-state index contributed by atoms with van der Waals surface area (Å²) in [5.41, 5.74) is 8.05. The summed E-state index contributed by atoms with van der Waals surface area (Å²) in [5, 5.41) is 57.2. The van der Waals surface area contributed by atoms with E-state index in [1.807, 2.05) is 154 Å². The molecule has 9 N–H and O–H groups in total. The average Bonchev–Trinajstić information content (AvgIpc) is 1.59. The van der Waals surface area contributed by atoms with Gasteiger partial charge in [-0.1, -0.05) is 23.5 Å². The van der Waals surface area contributed by atoms with Gasteiger partial charge in [0.2, 0.25) is 11.9 Å². The summed E-state index contributed by atoms with van der Waals surface area (Å²) in [7, 11) is 3.27. The van der Waals surface area contributed by atoms with Crippen molar-refractivity contribution < 1.29 is 66.4 Å². The first kappa shape index (κ1) is 103. The van der Waals surface area contributed by atoms with Gasteiger partial charge in [0.1, 0.15) is 107 Å². The Morgan fingerprint density at radius 3 is 0.928 bits per heavy atom. The number of ether oxygens (including phenoxy) is 8. The minimum Gasteiger partial charge on any atom is -0.390 e. The average molecular weight is 2030 g/mol. The smallest absolute Gasteiger partial charge is 0.224 e. The van der Waals surface area contributed by atoms with Crippen LogP contribution in [0.1, 0.15) is 168 Å².